The zero-order valence-corrected chi connectivity index (χ0v) is 17.0. The molecule has 2 aromatic heterocycles. The van der Waals surface area contributed by atoms with Crippen LogP contribution in [0.25, 0.3) is 10.3 Å². The molecule has 0 aliphatic carbocycles. The molecule has 0 unspecified atom stereocenters. The van der Waals surface area contributed by atoms with Crippen molar-refractivity contribution in [1.29, 1.82) is 0 Å². The van der Waals surface area contributed by atoms with E-state index in [9.17, 15) is 9.59 Å². The molecule has 0 atom stereocenters. The minimum Gasteiger partial charge on any atom is -0.494 e. The number of thiazole rings is 1. The average Bonchev–Trinajstić information content (AvgIpc) is 3.12. The number of fused-ring (bicyclic) bond motifs is 1. The van der Waals surface area contributed by atoms with Gasteiger partial charge in [0.1, 0.15) is 23.3 Å². The summed E-state index contributed by atoms with van der Waals surface area (Å²) in [7, 11) is 0. The molecule has 0 bridgehead atoms. The summed E-state index contributed by atoms with van der Waals surface area (Å²) >= 11 is 1.31. The number of carbonyl (C=O) groups excluding carboxylic acids is 1. The van der Waals surface area contributed by atoms with Gasteiger partial charge >= 0.3 is 0 Å². The van der Waals surface area contributed by atoms with E-state index < -0.39 is 0 Å². The van der Waals surface area contributed by atoms with E-state index in [1.807, 2.05) is 20.8 Å². The summed E-state index contributed by atoms with van der Waals surface area (Å²) in [5, 5.41) is 3.54. The molecule has 0 spiro atoms. The summed E-state index contributed by atoms with van der Waals surface area (Å²) in [6, 6.07) is 7.08. The highest BCUT2D eigenvalue weighted by atomic mass is 32.1. The maximum absolute atomic E-state index is 12.7. The van der Waals surface area contributed by atoms with Crippen molar-refractivity contribution >= 4 is 38.4 Å². The molecule has 0 aliphatic heterocycles. The number of nitrogens with zero attached hydrogens (tertiary/aromatic N) is 4. The molecular weight excluding hydrogens is 378 g/mol. The Morgan fingerprint density at radius 3 is 2.57 bits per heavy atom. The van der Waals surface area contributed by atoms with Gasteiger partial charge in [0.25, 0.3) is 5.56 Å². The standard InChI is InChI=1S/C19H23N5O3S/c1-4-23(5-2)19-22-17-16(28-19)18(26)24(12-20-17)11-15(25)21-13-7-9-14(10-8-13)27-6-3/h7-10,12H,4-6,11H2,1-3H3,(H,21,25). The lowest BCUT2D eigenvalue weighted by atomic mass is 10.3. The van der Waals surface area contributed by atoms with Crippen LogP contribution >= 0.6 is 11.3 Å². The Hall–Kier alpha value is -2.94. The number of hydrogen-bond donors (Lipinski definition) is 1. The summed E-state index contributed by atoms with van der Waals surface area (Å²) in [6.45, 7) is 8.04. The zero-order valence-electron chi connectivity index (χ0n) is 16.1. The lowest BCUT2D eigenvalue weighted by Gasteiger charge is -2.15. The number of carbonyl (C=O) groups is 1. The minimum atomic E-state index is -0.305. The van der Waals surface area contributed by atoms with E-state index in [-0.39, 0.29) is 18.0 Å². The predicted molar refractivity (Wildman–Crippen MR) is 111 cm³/mol. The first-order valence-electron chi connectivity index (χ1n) is 9.19. The number of nitrogens with one attached hydrogen (secondary N) is 1. The Labute approximate surface area is 166 Å². The third-order valence-corrected chi connectivity index (χ3v) is 5.26. The molecule has 1 aromatic carbocycles. The average molecular weight is 401 g/mol. The topological polar surface area (TPSA) is 89.3 Å². The van der Waals surface area contributed by atoms with E-state index in [2.05, 4.69) is 20.2 Å². The highest BCUT2D eigenvalue weighted by Gasteiger charge is 2.15. The van der Waals surface area contributed by atoms with Gasteiger partial charge in [0.05, 0.1) is 6.61 Å². The van der Waals surface area contributed by atoms with Gasteiger partial charge in [-0.05, 0) is 45.0 Å². The van der Waals surface area contributed by atoms with Gasteiger partial charge in [-0.25, -0.2) is 4.98 Å². The second-order valence-electron chi connectivity index (χ2n) is 6.00. The summed E-state index contributed by atoms with van der Waals surface area (Å²) in [6.07, 6.45) is 1.37. The van der Waals surface area contributed by atoms with E-state index in [4.69, 9.17) is 4.74 Å². The van der Waals surface area contributed by atoms with Crippen molar-refractivity contribution < 1.29 is 9.53 Å². The molecule has 0 saturated heterocycles. The van der Waals surface area contributed by atoms with Crippen molar-refractivity contribution in [2.75, 3.05) is 29.9 Å². The first-order valence-corrected chi connectivity index (χ1v) is 10.0. The first kappa shape index (κ1) is 19.8. The van der Waals surface area contributed by atoms with Crippen LogP contribution in [-0.4, -0.2) is 40.1 Å². The van der Waals surface area contributed by atoms with Crippen molar-refractivity contribution in [3.05, 3.63) is 40.9 Å². The molecule has 0 aliphatic rings. The SMILES string of the molecule is CCOc1ccc(NC(=O)Cn2cnc3nc(N(CC)CC)sc3c2=O)cc1. The van der Waals surface area contributed by atoms with Crippen LogP contribution in [0.1, 0.15) is 20.8 Å². The highest BCUT2D eigenvalue weighted by molar-refractivity contribution is 7.22. The summed E-state index contributed by atoms with van der Waals surface area (Å²) in [5.74, 6) is 0.432. The smallest absolute Gasteiger partial charge is 0.273 e. The molecule has 9 heteroatoms. The molecule has 0 radical (unpaired) electrons. The van der Waals surface area contributed by atoms with Gasteiger partial charge in [0, 0.05) is 18.8 Å². The quantitative estimate of drug-likeness (QED) is 0.624. The van der Waals surface area contributed by atoms with Gasteiger partial charge in [-0.2, -0.15) is 4.98 Å². The Kier molecular flexibility index (Phi) is 6.25. The largest absolute Gasteiger partial charge is 0.494 e. The van der Waals surface area contributed by atoms with Crippen LogP contribution in [0.2, 0.25) is 0 Å². The first-order chi connectivity index (χ1) is 13.5. The molecule has 28 heavy (non-hydrogen) atoms. The zero-order chi connectivity index (χ0) is 20.1. The van der Waals surface area contributed by atoms with Crippen LogP contribution in [0.3, 0.4) is 0 Å². The second-order valence-corrected chi connectivity index (χ2v) is 6.98. The summed E-state index contributed by atoms with van der Waals surface area (Å²) in [4.78, 5) is 35.8. The van der Waals surface area contributed by atoms with E-state index in [0.717, 1.165) is 24.0 Å². The minimum absolute atomic E-state index is 0.118. The van der Waals surface area contributed by atoms with Gasteiger partial charge in [-0.1, -0.05) is 11.3 Å². The van der Waals surface area contributed by atoms with Crippen LogP contribution in [0.5, 0.6) is 5.75 Å². The van der Waals surface area contributed by atoms with Crippen molar-refractivity contribution in [1.82, 2.24) is 14.5 Å². The Morgan fingerprint density at radius 1 is 1.21 bits per heavy atom. The van der Waals surface area contributed by atoms with Crippen molar-refractivity contribution in [3.8, 4) is 5.75 Å². The fraction of sp³-hybridized carbons (Fsp3) is 0.368. The van der Waals surface area contributed by atoms with Crippen molar-refractivity contribution in [2.45, 2.75) is 27.3 Å². The third kappa shape index (κ3) is 4.30. The number of ether oxygens (including phenoxy) is 1. The highest BCUT2D eigenvalue weighted by Crippen LogP contribution is 2.24. The third-order valence-electron chi connectivity index (χ3n) is 4.17. The number of hydrogen-bond acceptors (Lipinski definition) is 7. The monoisotopic (exact) mass is 401 g/mol. The van der Waals surface area contributed by atoms with E-state index in [0.29, 0.717) is 22.6 Å². The lowest BCUT2D eigenvalue weighted by molar-refractivity contribution is -0.116. The number of aromatic nitrogens is 3. The normalized spacial score (nSPS) is 10.8. The molecule has 0 saturated carbocycles. The molecule has 1 amide bonds. The molecule has 2 heterocycles. The summed E-state index contributed by atoms with van der Waals surface area (Å²) in [5.41, 5.74) is 0.792. The van der Waals surface area contributed by atoms with Gasteiger partial charge in [0.2, 0.25) is 5.91 Å². The van der Waals surface area contributed by atoms with Crippen LogP contribution in [0.4, 0.5) is 10.8 Å². The van der Waals surface area contributed by atoms with Crippen LogP contribution in [0.15, 0.2) is 35.4 Å². The molecule has 148 valence electrons. The number of rotatable bonds is 8. The van der Waals surface area contributed by atoms with E-state index >= 15 is 0 Å². The molecule has 0 fully saturated rings. The van der Waals surface area contributed by atoms with Gasteiger partial charge in [-0.3, -0.25) is 14.2 Å². The van der Waals surface area contributed by atoms with Gasteiger partial charge < -0.3 is 15.0 Å². The Morgan fingerprint density at radius 2 is 1.93 bits per heavy atom. The van der Waals surface area contributed by atoms with Crippen LogP contribution < -0.4 is 20.5 Å². The Bertz CT molecular complexity index is 1010. The molecule has 8 nitrogen and oxygen atoms in total. The van der Waals surface area contributed by atoms with Crippen LogP contribution in [-0.2, 0) is 11.3 Å². The van der Waals surface area contributed by atoms with Gasteiger partial charge in [0.15, 0.2) is 10.8 Å². The van der Waals surface area contributed by atoms with E-state index in [1.54, 1.807) is 24.3 Å². The fourth-order valence-corrected chi connectivity index (χ4v) is 3.83. The second kappa shape index (κ2) is 8.83. The lowest BCUT2D eigenvalue weighted by Crippen LogP contribution is -2.27. The van der Waals surface area contributed by atoms with Crippen molar-refractivity contribution in [3.63, 3.8) is 0 Å². The number of anilines is 2. The summed E-state index contributed by atoms with van der Waals surface area (Å²) < 4.78 is 7.14. The predicted octanol–water partition coefficient (Wildman–Crippen LogP) is 2.74. The van der Waals surface area contributed by atoms with Crippen LogP contribution in [0, 0.1) is 0 Å². The molecular formula is C19H23N5O3S. The molecule has 3 aromatic rings. The molecule has 3 rings (SSSR count). The number of benzene rings is 1. The maximum Gasteiger partial charge on any atom is 0.273 e. The maximum atomic E-state index is 12.7. The Balaban J connectivity index is 1.75. The van der Waals surface area contributed by atoms with E-state index in [1.165, 1.54) is 22.2 Å². The van der Waals surface area contributed by atoms with Gasteiger partial charge in [-0.15, -0.1) is 0 Å². The fourth-order valence-electron chi connectivity index (χ4n) is 2.73. The number of amides is 1. The molecule has 1 N–H and O–H groups in total. The van der Waals surface area contributed by atoms with Crippen molar-refractivity contribution in [2.24, 2.45) is 0 Å².